The van der Waals surface area contributed by atoms with Gasteiger partial charge < -0.3 is 10.2 Å². The van der Waals surface area contributed by atoms with Crippen molar-refractivity contribution >= 4 is 21.6 Å². The molecule has 5 rings (SSSR count). The fourth-order valence-electron chi connectivity index (χ4n) is 7.98. The molecule has 8 atom stereocenters. The van der Waals surface area contributed by atoms with Gasteiger partial charge in [-0.3, -0.25) is 0 Å². The van der Waals surface area contributed by atoms with E-state index in [9.17, 15) is 15.5 Å². The quantitative estimate of drug-likeness (QED) is 0.325. The van der Waals surface area contributed by atoms with Crippen molar-refractivity contribution in [2.24, 2.45) is 28.6 Å². The summed E-state index contributed by atoms with van der Waals surface area (Å²) >= 11 is 0. The van der Waals surface area contributed by atoms with Gasteiger partial charge in [-0.1, -0.05) is 54.0 Å². The molecule has 0 aromatic heterocycles. The highest BCUT2D eigenvalue weighted by Crippen LogP contribution is 2.71. The van der Waals surface area contributed by atoms with Crippen LogP contribution >= 0.6 is 21.6 Å². The maximum absolute atomic E-state index is 12.3. The van der Waals surface area contributed by atoms with E-state index in [4.69, 9.17) is 0 Å². The van der Waals surface area contributed by atoms with E-state index >= 15 is 0 Å². The lowest BCUT2D eigenvalue weighted by molar-refractivity contribution is -0.204. The predicted octanol–water partition coefficient (Wildman–Crippen LogP) is 5.09. The number of nitriles is 1. The average Bonchev–Trinajstić information content (AvgIpc) is 3.20. The fraction of sp³-hybridized carbons (Fsp3) is 0.870. The van der Waals surface area contributed by atoms with Crippen molar-refractivity contribution in [3.63, 3.8) is 0 Å². The standard InChI is InChI=1S/C23H33NO2S2/c1-15-12-18-17-5-4-16-13-21(10-11-27-28-21)8-6-19(16,2)22(17,25)9-7-20(18,3)23(15,26)14-24/h13,15,17-18,25-26H,4-12H2,1-3H3/t15-,17-,18-,19-,20-,21?,22+,23+/m0/s1. The molecule has 3 nitrogen and oxygen atoms in total. The molecule has 1 saturated heterocycles. The van der Waals surface area contributed by atoms with Crippen LogP contribution in [0.4, 0.5) is 0 Å². The van der Waals surface area contributed by atoms with Crippen molar-refractivity contribution in [2.45, 2.75) is 88.1 Å². The van der Waals surface area contributed by atoms with Crippen LogP contribution in [-0.2, 0) is 0 Å². The van der Waals surface area contributed by atoms with Gasteiger partial charge in [-0.15, -0.1) is 0 Å². The molecular weight excluding hydrogens is 386 g/mol. The summed E-state index contributed by atoms with van der Waals surface area (Å²) in [5, 5.41) is 33.4. The molecule has 2 N–H and O–H groups in total. The molecule has 4 aliphatic carbocycles. The first kappa shape index (κ1) is 19.8. The van der Waals surface area contributed by atoms with Crippen molar-refractivity contribution in [2.75, 3.05) is 5.75 Å². The third-order valence-electron chi connectivity index (χ3n) is 10.0. The minimum absolute atomic E-state index is 0.0267. The van der Waals surface area contributed by atoms with Crippen LogP contribution in [0.2, 0.25) is 0 Å². The highest BCUT2D eigenvalue weighted by molar-refractivity contribution is 8.77. The van der Waals surface area contributed by atoms with Crippen molar-refractivity contribution < 1.29 is 10.2 Å². The second kappa shape index (κ2) is 5.96. The smallest absolute Gasteiger partial charge is 0.159 e. The van der Waals surface area contributed by atoms with Gasteiger partial charge in [0.15, 0.2) is 5.60 Å². The SMILES string of the molecule is C[C@H]1C[C@H]2[C@@H]3CCC4=CC5(CCSS5)CC[C@]4(C)[C@@]3(O)CC[C@]2(C)[C@@]1(O)C#N. The number of aliphatic hydroxyl groups is 2. The predicted molar refractivity (Wildman–Crippen MR) is 116 cm³/mol. The molecule has 1 unspecified atom stereocenters. The number of fused-ring (bicyclic) bond motifs is 5. The van der Waals surface area contributed by atoms with Crippen molar-refractivity contribution in [1.82, 2.24) is 0 Å². The largest absolute Gasteiger partial charge is 0.389 e. The van der Waals surface area contributed by atoms with E-state index in [-0.39, 0.29) is 23.2 Å². The van der Waals surface area contributed by atoms with Gasteiger partial charge >= 0.3 is 0 Å². The molecule has 1 heterocycles. The highest BCUT2D eigenvalue weighted by atomic mass is 33.1. The van der Waals surface area contributed by atoms with Gasteiger partial charge in [0.2, 0.25) is 0 Å². The lowest BCUT2D eigenvalue weighted by atomic mass is 9.44. The summed E-state index contributed by atoms with van der Waals surface area (Å²) in [6, 6.07) is 2.29. The van der Waals surface area contributed by atoms with E-state index in [1.54, 1.807) is 0 Å². The Hall–Kier alpha value is -0.150. The molecule has 0 radical (unpaired) electrons. The van der Waals surface area contributed by atoms with Gasteiger partial charge in [-0.2, -0.15) is 5.26 Å². The summed E-state index contributed by atoms with van der Waals surface area (Å²) in [7, 11) is 4.06. The zero-order valence-electron chi connectivity index (χ0n) is 17.3. The van der Waals surface area contributed by atoms with E-state index < -0.39 is 16.6 Å². The van der Waals surface area contributed by atoms with Crippen LogP contribution in [-0.4, -0.2) is 31.9 Å². The Labute approximate surface area is 177 Å². The maximum Gasteiger partial charge on any atom is 0.159 e. The average molecular weight is 420 g/mol. The highest BCUT2D eigenvalue weighted by Gasteiger charge is 2.71. The topological polar surface area (TPSA) is 64.2 Å². The Morgan fingerprint density at radius 1 is 1.11 bits per heavy atom. The minimum Gasteiger partial charge on any atom is -0.389 e. The first-order chi connectivity index (χ1) is 13.1. The molecule has 0 aromatic rings. The van der Waals surface area contributed by atoms with Gasteiger partial charge in [0, 0.05) is 21.3 Å². The van der Waals surface area contributed by atoms with E-state index in [2.05, 4.69) is 36.8 Å². The Balaban J connectivity index is 1.54. The fourth-order valence-corrected chi connectivity index (χ4v) is 11.3. The zero-order valence-corrected chi connectivity index (χ0v) is 19.0. The molecule has 1 aliphatic heterocycles. The number of nitrogens with zero attached hydrogens (tertiary/aromatic N) is 1. The minimum atomic E-state index is -1.26. The van der Waals surface area contributed by atoms with Crippen molar-refractivity contribution in [1.29, 1.82) is 5.26 Å². The van der Waals surface area contributed by atoms with Gasteiger partial charge in [0.05, 0.1) is 11.7 Å². The first-order valence-corrected chi connectivity index (χ1v) is 13.3. The third kappa shape index (κ3) is 2.17. The maximum atomic E-state index is 12.3. The van der Waals surface area contributed by atoms with E-state index in [1.807, 2.05) is 17.7 Å². The second-order valence-corrected chi connectivity index (χ2v) is 13.7. The Kier molecular flexibility index (Phi) is 4.22. The van der Waals surface area contributed by atoms with Gasteiger partial charge in [-0.05, 0) is 69.1 Å². The Morgan fingerprint density at radius 2 is 1.89 bits per heavy atom. The summed E-state index contributed by atoms with van der Waals surface area (Å²) in [4.78, 5) is 0. The molecule has 28 heavy (non-hydrogen) atoms. The van der Waals surface area contributed by atoms with E-state index in [0.29, 0.717) is 11.2 Å². The second-order valence-electron chi connectivity index (χ2n) is 10.8. The van der Waals surface area contributed by atoms with Crippen LogP contribution in [0.3, 0.4) is 0 Å². The summed E-state index contributed by atoms with van der Waals surface area (Å²) in [5.41, 5.74) is -1.00. The number of rotatable bonds is 0. The van der Waals surface area contributed by atoms with Gasteiger partial charge in [0.25, 0.3) is 0 Å². The Bertz CT molecular complexity index is 771. The normalized spacial score (nSPS) is 57.9. The molecule has 0 aromatic carbocycles. The molecule has 0 bridgehead atoms. The van der Waals surface area contributed by atoms with Gasteiger partial charge in [-0.25, -0.2) is 0 Å². The molecule has 5 aliphatic rings. The summed E-state index contributed by atoms with van der Waals surface area (Å²) in [6.45, 7) is 6.48. The first-order valence-electron chi connectivity index (χ1n) is 11.0. The van der Waals surface area contributed by atoms with E-state index in [0.717, 1.165) is 32.1 Å². The number of hydrogen-bond acceptors (Lipinski definition) is 5. The van der Waals surface area contributed by atoms with Crippen LogP contribution in [0.15, 0.2) is 11.6 Å². The Morgan fingerprint density at radius 3 is 2.57 bits per heavy atom. The molecule has 1 spiro atoms. The molecule has 5 heteroatoms. The van der Waals surface area contributed by atoms with Crippen molar-refractivity contribution in [3.05, 3.63) is 11.6 Å². The van der Waals surface area contributed by atoms with Crippen LogP contribution in [0.1, 0.15) is 72.1 Å². The lowest BCUT2D eigenvalue weighted by Gasteiger charge is -2.64. The van der Waals surface area contributed by atoms with Crippen LogP contribution in [0.25, 0.3) is 0 Å². The van der Waals surface area contributed by atoms with Gasteiger partial charge in [0.1, 0.15) is 0 Å². The monoisotopic (exact) mass is 419 g/mol. The summed E-state index contributed by atoms with van der Waals surface area (Å²) in [5.74, 6) is 1.64. The molecular formula is C23H33NO2S2. The van der Waals surface area contributed by atoms with Crippen LogP contribution in [0, 0.1) is 39.9 Å². The van der Waals surface area contributed by atoms with Crippen LogP contribution < -0.4 is 0 Å². The van der Waals surface area contributed by atoms with Crippen molar-refractivity contribution in [3.8, 4) is 6.07 Å². The zero-order chi connectivity index (χ0) is 20.0. The number of hydrogen-bond donors (Lipinski definition) is 2. The lowest BCUT2D eigenvalue weighted by Crippen LogP contribution is -2.65. The molecule has 4 fully saturated rings. The summed E-state index contributed by atoms with van der Waals surface area (Å²) in [6.07, 6.45) is 10.5. The van der Waals surface area contributed by atoms with Crippen LogP contribution in [0.5, 0.6) is 0 Å². The summed E-state index contributed by atoms with van der Waals surface area (Å²) < 4.78 is 0.300. The molecule has 3 saturated carbocycles. The van der Waals surface area contributed by atoms with E-state index in [1.165, 1.54) is 24.2 Å². The third-order valence-corrected chi connectivity index (χ3v) is 13.2. The molecule has 154 valence electrons. The molecule has 0 amide bonds.